The van der Waals surface area contributed by atoms with Crippen LogP contribution in [0.4, 0.5) is 0 Å². The molecular weight excluding hydrogens is 207 g/mol. The summed E-state index contributed by atoms with van der Waals surface area (Å²) in [6.07, 6.45) is 1.23. The largest absolute Gasteiger partial charge is 0.532 e. The lowest BCUT2D eigenvalue weighted by Crippen LogP contribution is -2.09. The van der Waals surface area contributed by atoms with Crippen molar-refractivity contribution in [2.75, 3.05) is 7.11 Å². The van der Waals surface area contributed by atoms with Crippen molar-refractivity contribution in [3.8, 4) is 0 Å². The van der Waals surface area contributed by atoms with Gasteiger partial charge in [0, 0.05) is 13.2 Å². The van der Waals surface area contributed by atoms with E-state index in [1.165, 1.54) is 0 Å². The predicted molar refractivity (Wildman–Crippen MR) is 51.7 cm³/mol. The highest BCUT2D eigenvalue weighted by Crippen LogP contribution is 2.50. The van der Waals surface area contributed by atoms with Gasteiger partial charge in [0.25, 0.3) is 0 Å². The van der Waals surface area contributed by atoms with E-state index in [9.17, 15) is 9.36 Å². The Balaban J connectivity index is 4.39. The Bertz CT molecular complexity index is 250. The number of phosphoric acid groups is 1. The Labute approximate surface area is 83.7 Å². The molecule has 14 heavy (non-hydrogen) atoms. The molecule has 2 unspecified atom stereocenters. The first-order valence-corrected chi connectivity index (χ1v) is 5.63. The molecule has 0 amide bonds. The smallest absolute Gasteiger partial charge is 0.367 e. The molecule has 5 nitrogen and oxygen atoms in total. The first kappa shape index (κ1) is 13.4. The Morgan fingerprint density at radius 1 is 1.64 bits per heavy atom. The molecule has 6 heteroatoms. The van der Waals surface area contributed by atoms with Crippen molar-refractivity contribution < 1.29 is 22.9 Å². The summed E-state index contributed by atoms with van der Waals surface area (Å²) in [5.74, 6) is -0.835. The molecule has 0 rings (SSSR count). The standard InChI is InChI=1S/C8H15O5P/c1-5-7(3)12-14(10,11-4)13-8(9)6-2/h6-7H,2,5H2,1,3-4H3. The molecule has 0 N–H and O–H groups in total. The van der Waals surface area contributed by atoms with Crippen LogP contribution in [-0.2, 0) is 22.9 Å². The molecule has 0 aliphatic carbocycles. The van der Waals surface area contributed by atoms with Crippen molar-refractivity contribution >= 4 is 13.8 Å². The minimum Gasteiger partial charge on any atom is -0.367 e. The van der Waals surface area contributed by atoms with Crippen LogP contribution in [0.3, 0.4) is 0 Å². The van der Waals surface area contributed by atoms with Gasteiger partial charge in [-0.2, -0.15) is 0 Å². The van der Waals surface area contributed by atoms with E-state index in [1.54, 1.807) is 6.92 Å². The Morgan fingerprint density at radius 2 is 2.21 bits per heavy atom. The number of phosphoric ester groups is 1. The zero-order valence-electron chi connectivity index (χ0n) is 8.56. The number of carbonyl (C=O) groups excluding carboxylic acids is 1. The van der Waals surface area contributed by atoms with E-state index >= 15 is 0 Å². The maximum Gasteiger partial charge on any atom is 0.532 e. The fraction of sp³-hybridized carbons (Fsp3) is 0.625. The van der Waals surface area contributed by atoms with Crippen LogP contribution in [0.15, 0.2) is 12.7 Å². The molecule has 0 heterocycles. The summed E-state index contributed by atoms with van der Waals surface area (Å²) in [7, 11) is -2.61. The monoisotopic (exact) mass is 222 g/mol. The predicted octanol–water partition coefficient (Wildman–Crippen LogP) is 2.29. The third-order valence-corrected chi connectivity index (χ3v) is 2.94. The fourth-order valence-electron chi connectivity index (χ4n) is 0.544. The molecule has 0 aromatic heterocycles. The topological polar surface area (TPSA) is 61.8 Å². The van der Waals surface area contributed by atoms with Crippen molar-refractivity contribution in [3.05, 3.63) is 12.7 Å². The van der Waals surface area contributed by atoms with E-state index < -0.39 is 13.8 Å². The van der Waals surface area contributed by atoms with Gasteiger partial charge in [0.1, 0.15) is 0 Å². The number of carbonyl (C=O) groups is 1. The summed E-state index contributed by atoms with van der Waals surface area (Å²) < 4.78 is 25.5. The zero-order valence-corrected chi connectivity index (χ0v) is 9.45. The Morgan fingerprint density at radius 3 is 2.57 bits per heavy atom. The second-order valence-electron chi connectivity index (χ2n) is 2.57. The third kappa shape index (κ3) is 4.56. The molecule has 2 atom stereocenters. The van der Waals surface area contributed by atoms with Crippen LogP contribution in [0.1, 0.15) is 20.3 Å². The highest BCUT2D eigenvalue weighted by Gasteiger charge is 2.30. The van der Waals surface area contributed by atoms with E-state index in [1.807, 2.05) is 6.92 Å². The highest BCUT2D eigenvalue weighted by molar-refractivity contribution is 7.49. The van der Waals surface area contributed by atoms with E-state index in [4.69, 9.17) is 4.52 Å². The average Bonchev–Trinajstić information content (AvgIpc) is 2.17. The van der Waals surface area contributed by atoms with E-state index in [0.29, 0.717) is 6.42 Å². The second kappa shape index (κ2) is 5.96. The molecule has 0 aliphatic heterocycles. The molecule has 0 aliphatic rings. The third-order valence-electron chi connectivity index (χ3n) is 1.48. The van der Waals surface area contributed by atoms with Gasteiger partial charge in [-0.3, -0.25) is 9.05 Å². The molecular formula is C8H15O5P. The Hall–Kier alpha value is -0.640. The van der Waals surface area contributed by atoms with Gasteiger partial charge in [-0.1, -0.05) is 13.5 Å². The first-order valence-electron chi connectivity index (χ1n) is 4.17. The van der Waals surface area contributed by atoms with Gasteiger partial charge in [0.05, 0.1) is 6.10 Å². The number of hydrogen-bond acceptors (Lipinski definition) is 5. The highest BCUT2D eigenvalue weighted by atomic mass is 31.2. The van der Waals surface area contributed by atoms with Crippen molar-refractivity contribution in [1.82, 2.24) is 0 Å². The normalized spacial score (nSPS) is 16.8. The van der Waals surface area contributed by atoms with Gasteiger partial charge in [0.2, 0.25) is 0 Å². The molecule has 82 valence electrons. The minimum absolute atomic E-state index is 0.307. The van der Waals surface area contributed by atoms with E-state index in [2.05, 4.69) is 15.6 Å². The van der Waals surface area contributed by atoms with Crippen LogP contribution >= 0.6 is 7.82 Å². The maximum atomic E-state index is 11.6. The molecule has 0 radical (unpaired) electrons. The van der Waals surface area contributed by atoms with Crippen molar-refractivity contribution in [2.24, 2.45) is 0 Å². The minimum atomic E-state index is -3.77. The van der Waals surface area contributed by atoms with Gasteiger partial charge in [-0.25, -0.2) is 9.36 Å². The number of hydrogen-bond donors (Lipinski definition) is 0. The SMILES string of the molecule is C=CC(=O)OP(=O)(OC)OC(C)CC. The number of rotatable bonds is 6. The summed E-state index contributed by atoms with van der Waals surface area (Å²) in [5, 5.41) is 0. The zero-order chi connectivity index (χ0) is 11.2. The van der Waals surface area contributed by atoms with Crippen LogP contribution in [0.25, 0.3) is 0 Å². The maximum absolute atomic E-state index is 11.6. The van der Waals surface area contributed by atoms with Gasteiger partial charge >= 0.3 is 13.8 Å². The van der Waals surface area contributed by atoms with Crippen LogP contribution in [0, 0.1) is 0 Å². The molecule has 0 aromatic rings. The molecule has 0 bridgehead atoms. The van der Waals surface area contributed by atoms with Gasteiger partial charge in [-0.05, 0) is 13.3 Å². The van der Waals surface area contributed by atoms with Crippen LogP contribution < -0.4 is 0 Å². The van der Waals surface area contributed by atoms with E-state index in [-0.39, 0.29) is 6.10 Å². The van der Waals surface area contributed by atoms with Gasteiger partial charge in [-0.15, -0.1) is 0 Å². The molecule has 0 aromatic carbocycles. The summed E-state index contributed by atoms with van der Waals surface area (Å²) in [6, 6.07) is 0. The fourth-order valence-corrected chi connectivity index (χ4v) is 1.63. The van der Waals surface area contributed by atoms with Crippen molar-refractivity contribution in [2.45, 2.75) is 26.4 Å². The summed E-state index contributed by atoms with van der Waals surface area (Å²) in [6.45, 7) is 6.72. The van der Waals surface area contributed by atoms with Gasteiger partial charge < -0.3 is 4.52 Å². The lowest BCUT2D eigenvalue weighted by atomic mass is 10.3. The summed E-state index contributed by atoms with van der Waals surface area (Å²) in [5.41, 5.74) is 0. The van der Waals surface area contributed by atoms with E-state index in [0.717, 1.165) is 13.2 Å². The average molecular weight is 222 g/mol. The lowest BCUT2D eigenvalue weighted by Gasteiger charge is -2.17. The first-order chi connectivity index (χ1) is 6.47. The molecule has 0 saturated heterocycles. The van der Waals surface area contributed by atoms with Crippen LogP contribution in [0.5, 0.6) is 0 Å². The quantitative estimate of drug-likeness (QED) is 0.509. The summed E-state index contributed by atoms with van der Waals surface area (Å²) in [4.78, 5) is 10.8. The van der Waals surface area contributed by atoms with Crippen molar-refractivity contribution in [3.63, 3.8) is 0 Å². The molecule has 0 saturated carbocycles. The second-order valence-corrected chi connectivity index (χ2v) is 4.22. The van der Waals surface area contributed by atoms with Gasteiger partial charge in [0.15, 0.2) is 0 Å². The van der Waals surface area contributed by atoms with Crippen molar-refractivity contribution in [1.29, 1.82) is 0 Å². The Kier molecular flexibility index (Phi) is 5.69. The summed E-state index contributed by atoms with van der Waals surface area (Å²) >= 11 is 0. The molecule has 0 spiro atoms. The van der Waals surface area contributed by atoms with Crippen LogP contribution in [-0.4, -0.2) is 19.2 Å². The molecule has 0 fully saturated rings. The lowest BCUT2D eigenvalue weighted by molar-refractivity contribution is -0.131. The van der Waals surface area contributed by atoms with Crippen LogP contribution in [0.2, 0.25) is 0 Å².